The maximum absolute atomic E-state index is 13.2. The minimum atomic E-state index is -0.420. The molecule has 3 rings (SSSR count). The lowest BCUT2D eigenvalue weighted by molar-refractivity contribution is -0.131. The molecular formula is C18H19FN2O2S. The van der Waals surface area contributed by atoms with Gasteiger partial charge in [0.1, 0.15) is 5.82 Å². The average Bonchev–Trinajstić information content (AvgIpc) is 3.08. The van der Waals surface area contributed by atoms with Gasteiger partial charge in [-0.25, -0.2) is 4.39 Å². The Balaban J connectivity index is 1.48. The highest BCUT2D eigenvalue weighted by atomic mass is 32.1. The molecule has 0 unspecified atom stereocenters. The summed E-state index contributed by atoms with van der Waals surface area (Å²) in [6, 6.07) is 9.60. The molecule has 0 spiro atoms. The van der Waals surface area contributed by atoms with Gasteiger partial charge in [-0.05, 0) is 42.5 Å². The Hall–Kier alpha value is -2.21. The quantitative estimate of drug-likeness (QED) is 0.925. The van der Waals surface area contributed by atoms with E-state index in [-0.39, 0.29) is 17.9 Å². The highest BCUT2D eigenvalue weighted by Gasteiger charge is 2.24. The van der Waals surface area contributed by atoms with Gasteiger partial charge in [0.2, 0.25) is 5.91 Å². The van der Waals surface area contributed by atoms with E-state index in [9.17, 15) is 14.0 Å². The van der Waals surface area contributed by atoms with E-state index in [1.165, 1.54) is 18.2 Å². The lowest BCUT2D eigenvalue weighted by Gasteiger charge is -2.32. The number of thiophene rings is 1. The van der Waals surface area contributed by atoms with E-state index >= 15 is 0 Å². The Labute approximate surface area is 144 Å². The largest absolute Gasteiger partial charge is 0.349 e. The Morgan fingerprint density at radius 2 is 2.00 bits per heavy atom. The summed E-state index contributed by atoms with van der Waals surface area (Å²) in [5, 5.41) is 4.89. The molecule has 2 aromatic rings. The number of carbonyl (C=O) groups is 2. The number of piperidine rings is 1. The Morgan fingerprint density at radius 1 is 1.21 bits per heavy atom. The molecule has 1 saturated heterocycles. The van der Waals surface area contributed by atoms with Gasteiger partial charge in [0.15, 0.2) is 0 Å². The van der Waals surface area contributed by atoms with E-state index in [1.807, 2.05) is 22.4 Å². The maximum Gasteiger partial charge on any atom is 0.251 e. The molecular weight excluding hydrogens is 327 g/mol. The summed E-state index contributed by atoms with van der Waals surface area (Å²) >= 11 is 1.59. The number of rotatable bonds is 4. The van der Waals surface area contributed by atoms with Crippen LogP contribution in [-0.4, -0.2) is 35.8 Å². The lowest BCUT2D eigenvalue weighted by atomic mass is 10.0. The first kappa shape index (κ1) is 16.6. The van der Waals surface area contributed by atoms with Gasteiger partial charge < -0.3 is 10.2 Å². The predicted molar refractivity (Wildman–Crippen MR) is 91.5 cm³/mol. The normalized spacial score (nSPS) is 15.3. The van der Waals surface area contributed by atoms with Crippen LogP contribution in [0.1, 0.15) is 28.1 Å². The van der Waals surface area contributed by atoms with Gasteiger partial charge in [-0.2, -0.15) is 0 Å². The number of amides is 2. The van der Waals surface area contributed by atoms with Crippen LogP contribution in [0.5, 0.6) is 0 Å². The molecule has 0 atom stereocenters. The van der Waals surface area contributed by atoms with Crippen molar-refractivity contribution in [1.82, 2.24) is 10.2 Å². The molecule has 2 heterocycles. The maximum atomic E-state index is 13.2. The van der Waals surface area contributed by atoms with Crippen molar-refractivity contribution < 1.29 is 14.0 Å². The fourth-order valence-electron chi connectivity index (χ4n) is 2.85. The topological polar surface area (TPSA) is 49.4 Å². The van der Waals surface area contributed by atoms with E-state index < -0.39 is 5.82 Å². The number of nitrogens with one attached hydrogen (secondary N) is 1. The summed E-state index contributed by atoms with van der Waals surface area (Å²) in [7, 11) is 0. The van der Waals surface area contributed by atoms with Gasteiger partial charge in [-0.3, -0.25) is 9.59 Å². The fraction of sp³-hybridized carbons (Fsp3) is 0.333. The molecule has 6 heteroatoms. The van der Waals surface area contributed by atoms with Crippen LogP contribution in [0.2, 0.25) is 0 Å². The second-order valence-corrected chi connectivity index (χ2v) is 6.93. The van der Waals surface area contributed by atoms with Crippen molar-refractivity contribution in [2.45, 2.75) is 25.3 Å². The first-order chi connectivity index (χ1) is 11.6. The molecule has 0 saturated carbocycles. The van der Waals surface area contributed by atoms with Crippen molar-refractivity contribution >= 4 is 23.2 Å². The van der Waals surface area contributed by atoms with Crippen LogP contribution in [0, 0.1) is 5.82 Å². The van der Waals surface area contributed by atoms with Gasteiger partial charge in [-0.1, -0.05) is 12.1 Å². The average molecular weight is 346 g/mol. The SMILES string of the molecule is O=C(NC1CCN(C(=O)Cc2cccs2)CC1)c1cccc(F)c1. The van der Waals surface area contributed by atoms with Crippen LogP contribution in [0.15, 0.2) is 41.8 Å². The molecule has 1 aromatic carbocycles. The zero-order chi connectivity index (χ0) is 16.9. The summed E-state index contributed by atoms with van der Waals surface area (Å²) < 4.78 is 13.2. The molecule has 2 amide bonds. The Kier molecular flexibility index (Phi) is 5.25. The van der Waals surface area contributed by atoms with Gasteiger partial charge in [0.05, 0.1) is 6.42 Å². The van der Waals surface area contributed by atoms with Gasteiger partial charge in [-0.15, -0.1) is 11.3 Å². The van der Waals surface area contributed by atoms with Crippen LogP contribution >= 0.6 is 11.3 Å². The summed E-state index contributed by atoms with van der Waals surface area (Å²) in [6.45, 7) is 1.27. The minimum Gasteiger partial charge on any atom is -0.349 e. The fourth-order valence-corrected chi connectivity index (χ4v) is 3.54. The van der Waals surface area contributed by atoms with Crippen molar-refractivity contribution in [2.75, 3.05) is 13.1 Å². The first-order valence-corrected chi connectivity index (χ1v) is 8.86. The molecule has 1 N–H and O–H groups in total. The van der Waals surface area contributed by atoms with Crippen LogP contribution in [-0.2, 0) is 11.2 Å². The molecule has 0 bridgehead atoms. The first-order valence-electron chi connectivity index (χ1n) is 7.98. The molecule has 24 heavy (non-hydrogen) atoms. The third-order valence-corrected chi connectivity index (χ3v) is 5.05. The van der Waals surface area contributed by atoms with E-state index in [0.29, 0.717) is 25.1 Å². The van der Waals surface area contributed by atoms with Crippen LogP contribution in [0.25, 0.3) is 0 Å². The minimum absolute atomic E-state index is 0.0200. The third kappa shape index (κ3) is 4.20. The Morgan fingerprint density at radius 3 is 2.67 bits per heavy atom. The number of hydrogen-bond acceptors (Lipinski definition) is 3. The lowest BCUT2D eigenvalue weighted by Crippen LogP contribution is -2.46. The highest BCUT2D eigenvalue weighted by Crippen LogP contribution is 2.15. The highest BCUT2D eigenvalue weighted by molar-refractivity contribution is 7.10. The van der Waals surface area contributed by atoms with E-state index in [0.717, 1.165) is 17.7 Å². The number of carbonyl (C=O) groups excluding carboxylic acids is 2. The van der Waals surface area contributed by atoms with Crippen molar-refractivity contribution in [3.8, 4) is 0 Å². The summed E-state index contributed by atoms with van der Waals surface area (Å²) in [5.41, 5.74) is 0.325. The third-order valence-electron chi connectivity index (χ3n) is 4.18. The van der Waals surface area contributed by atoms with E-state index in [1.54, 1.807) is 17.4 Å². The van der Waals surface area contributed by atoms with Crippen LogP contribution in [0.3, 0.4) is 0 Å². The summed E-state index contributed by atoms with van der Waals surface area (Å²) in [5.74, 6) is -0.554. The Bertz CT molecular complexity index is 710. The van der Waals surface area contributed by atoms with Crippen molar-refractivity contribution in [3.05, 3.63) is 58.0 Å². The van der Waals surface area contributed by atoms with Crippen molar-refractivity contribution in [2.24, 2.45) is 0 Å². The molecule has 1 aliphatic heterocycles. The monoisotopic (exact) mass is 346 g/mol. The number of likely N-dealkylation sites (tertiary alicyclic amines) is 1. The number of hydrogen-bond donors (Lipinski definition) is 1. The van der Waals surface area contributed by atoms with Gasteiger partial charge >= 0.3 is 0 Å². The van der Waals surface area contributed by atoms with Crippen molar-refractivity contribution in [3.63, 3.8) is 0 Å². The zero-order valence-electron chi connectivity index (χ0n) is 13.2. The van der Waals surface area contributed by atoms with Gasteiger partial charge in [0.25, 0.3) is 5.91 Å². The number of benzene rings is 1. The zero-order valence-corrected chi connectivity index (χ0v) is 14.0. The smallest absolute Gasteiger partial charge is 0.251 e. The van der Waals surface area contributed by atoms with E-state index in [2.05, 4.69) is 5.32 Å². The standard InChI is InChI=1S/C18H19FN2O2S/c19-14-4-1-3-13(11-14)18(23)20-15-6-8-21(9-7-15)17(22)12-16-5-2-10-24-16/h1-5,10-11,15H,6-9,12H2,(H,20,23). The van der Waals surface area contributed by atoms with E-state index in [4.69, 9.17) is 0 Å². The summed E-state index contributed by atoms with van der Waals surface area (Å²) in [6.07, 6.45) is 1.88. The second kappa shape index (κ2) is 7.57. The van der Waals surface area contributed by atoms with Crippen LogP contribution < -0.4 is 5.32 Å². The predicted octanol–water partition coefficient (Wildman–Crippen LogP) is 2.85. The second-order valence-electron chi connectivity index (χ2n) is 5.90. The summed E-state index contributed by atoms with van der Waals surface area (Å²) in [4.78, 5) is 27.3. The molecule has 1 aliphatic rings. The van der Waals surface area contributed by atoms with Gasteiger partial charge in [0, 0.05) is 29.6 Å². The number of halogens is 1. The molecule has 1 aromatic heterocycles. The molecule has 0 aliphatic carbocycles. The number of nitrogens with zero attached hydrogens (tertiary/aromatic N) is 1. The van der Waals surface area contributed by atoms with Crippen molar-refractivity contribution in [1.29, 1.82) is 0 Å². The molecule has 0 radical (unpaired) electrons. The molecule has 126 valence electrons. The molecule has 4 nitrogen and oxygen atoms in total. The molecule has 1 fully saturated rings. The van der Waals surface area contributed by atoms with Crippen LogP contribution in [0.4, 0.5) is 4.39 Å².